The molecule has 0 saturated carbocycles. The number of nitrogens with two attached hydrogens (primary N) is 1. The summed E-state index contributed by atoms with van der Waals surface area (Å²) in [7, 11) is -2.82. The fourth-order valence-corrected chi connectivity index (χ4v) is 3.96. The minimum absolute atomic E-state index is 0.141. The highest BCUT2D eigenvalue weighted by Gasteiger charge is 2.29. The number of aryl methyl sites for hydroxylation is 1. The van der Waals surface area contributed by atoms with Gasteiger partial charge in [0.2, 0.25) is 21.8 Å². The molecule has 0 radical (unpaired) electrons. The summed E-state index contributed by atoms with van der Waals surface area (Å²) in [4.78, 5) is 21.8. The van der Waals surface area contributed by atoms with Crippen molar-refractivity contribution in [2.75, 3.05) is 12.0 Å². The minimum Gasteiger partial charge on any atom is -0.481 e. The topological polar surface area (TPSA) is 115 Å². The summed E-state index contributed by atoms with van der Waals surface area (Å²) < 4.78 is 57.1. The Morgan fingerprint density at radius 3 is 2.53 bits per heavy atom. The van der Waals surface area contributed by atoms with E-state index in [1.807, 2.05) is 0 Å². The summed E-state index contributed by atoms with van der Waals surface area (Å²) in [5, 5.41) is 5.48. The van der Waals surface area contributed by atoms with Crippen LogP contribution in [0.5, 0.6) is 5.88 Å². The second-order valence-electron chi connectivity index (χ2n) is 6.75. The number of anilines is 1. The van der Waals surface area contributed by atoms with Crippen LogP contribution >= 0.6 is 0 Å². The average molecular weight is 434 g/mol. The van der Waals surface area contributed by atoms with Crippen molar-refractivity contribution in [3.05, 3.63) is 53.2 Å². The molecular weight excluding hydrogens is 418 g/mol. The lowest BCUT2D eigenvalue weighted by Gasteiger charge is -2.30. The van der Waals surface area contributed by atoms with Gasteiger partial charge in [-0.2, -0.15) is 4.98 Å². The molecule has 4 rings (SSSR count). The highest BCUT2D eigenvalue weighted by Crippen LogP contribution is 2.36. The van der Waals surface area contributed by atoms with Crippen LogP contribution in [-0.4, -0.2) is 31.4 Å². The van der Waals surface area contributed by atoms with Gasteiger partial charge in [-0.15, -0.1) is 0 Å². The summed E-state index contributed by atoms with van der Waals surface area (Å²) in [6, 6.07) is 4.55. The van der Waals surface area contributed by atoms with Crippen molar-refractivity contribution in [3.8, 4) is 5.88 Å². The maximum Gasteiger partial charge on any atom is 0.238 e. The van der Waals surface area contributed by atoms with E-state index in [-0.39, 0.29) is 12.3 Å². The van der Waals surface area contributed by atoms with Crippen molar-refractivity contribution >= 4 is 32.7 Å². The summed E-state index contributed by atoms with van der Waals surface area (Å²) in [5.41, 5.74) is 1.06. The third kappa shape index (κ3) is 3.46. The number of halogens is 2. The van der Waals surface area contributed by atoms with E-state index in [4.69, 9.17) is 9.88 Å². The molecule has 156 valence electrons. The predicted molar refractivity (Wildman–Crippen MR) is 103 cm³/mol. The van der Waals surface area contributed by atoms with Gasteiger partial charge in [-0.3, -0.25) is 4.79 Å². The zero-order valence-corrected chi connectivity index (χ0v) is 16.5. The number of hydrogen-bond donors (Lipinski definition) is 1. The van der Waals surface area contributed by atoms with Crippen LogP contribution < -0.4 is 14.8 Å². The largest absolute Gasteiger partial charge is 0.481 e. The van der Waals surface area contributed by atoms with E-state index in [1.165, 1.54) is 12.0 Å². The smallest absolute Gasteiger partial charge is 0.238 e. The van der Waals surface area contributed by atoms with Crippen molar-refractivity contribution in [1.29, 1.82) is 0 Å². The minimum atomic E-state index is -4.28. The average Bonchev–Trinajstić information content (AvgIpc) is 2.70. The van der Waals surface area contributed by atoms with E-state index in [2.05, 4.69) is 9.97 Å². The quantitative estimate of drug-likeness (QED) is 0.672. The Morgan fingerprint density at radius 2 is 1.90 bits per heavy atom. The number of ether oxygens (including phenoxy) is 1. The van der Waals surface area contributed by atoms with Crippen LogP contribution in [0.15, 0.2) is 35.4 Å². The normalized spacial score (nSPS) is 14.1. The number of primary sulfonamides is 1. The van der Waals surface area contributed by atoms with Crippen molar-refractivity contribution in [3.63, 3.8) is 0 Å². The van der Waals surface area contributed by atoms with E-state index < -0.39 is 38.7 Å². The van der Waals surface area contributed by atoms with Crippen molar-refractivity contribution < 1.29 is 26.7 Å². The molecule has 1 aliphatic rings. The van der Waals surface area contributed by atoms with Crippen molar-refractivity contribution in [2.24, 2.45) is 5.14 Å². The number of carbonyl (C=O) groups is 1. The SMILES string of the molecule is COc1ccc2c3c(cnc2n1)CCC(=O)N3Cc1c(F)cc(S(N)(=O)=O)cc1F. The monoisotopic (exact) mass is 434 g/mol. The van der Waals surface area contributed by atoms with Crippen LogP contribution in [-0.2, 0) is 27.8 Å². The molecular formula is C19H16F2N4O4S. The maximum absolute atomic E-state index is 14.6. The Kier molecular flexibility index (Phi) is 4.86. The van der Waals surface area contributed by atoms with Gasteiger partial charge in [0, 0.05) is 29.6 Å². The van der Waals surface area contributed by atoms with Gasteiger partial charge in [0.15, 0.2) is 5.65 Å². The fourth-order valence-electron chi connectivity index (χ4n) is 3.42. The fraction of sp³-hybridized carbons (Fsp3) is 0.211. The molecule has 30 heavy (non-hydrogen) atoms. The number of fused-ring (bicyclic) bond motifs is 3. The number of sulfonamides is 1. The van der Waals surface area contributed by atoms with E-state index >= 15 is 0 Å². The van der Waals surface area contributed by atoms with Gasteiger partial charge in [-0.1, -0.05) is 0 Å². The van der Waals surface area contributed by atoms with Crippen molar-refractivity contribution in [2.45, 2.75) is 24.3 Å². The molecule has 2 aromatic heterocycles. The molecule has 1 amide bonds. The van der Waals surface area contributed by atoms with E-state index in [9.17, 15) is 22.0 Å². The number of hydrogen-bond acceptors (Lipinski definition) is 6. The molecule has 0 bridgehead atoms. The lowest BCUT2D eigenvalue weighted by molar-refractivity contribution is -0.119. The van der Waals surface area contributed by atoms with Gasteiger partial charge in [-0.05, 0) is 30.2 Å². The first-order valence-corrected chi connectivity index (χ1v) is 10.4. The first kappa shape index (κ1) is 20.1. The zero-order chi connectivity index (χ0) is 21.6. The molecule has 0 unspecified atom stereocenters. The van der Waals surface area contributed by atoms with E-state index in [0.29, 0.717) is 41.2 Å². The molecule has 2 N–H and O–H groups in total. The molecule has 0 aliphatic carbocycles. The number of benzene rings is 1. The van der Waals surface area contributed by atoms with E-state index in [1.54, 1.807) is 18.3 Å². The standard InChI is InChI=1S/C19H16F2N4O4S/c1-29-16-4-3-12-18-10(8-23-19(12)24-16)2-5-17(26)25(18)9-13-14(20)6-11(7-15(13)21)30(22,27)28/h3-4,6-8H,2,5,9H2,1H3,(H2,22,27,28). The summed E-state index contributed by atoms with van der Waals surface area (Å²) in [6.07, 6.45) is 2.14. The van der Waals surface area contributed by atoms with Gasteiger partial charge in [0.1, 0.15) is 11.6 Å². The second-order valence-corrected chi connectivity index (χ2v) is 8.31. The number of aromatic nitrogens is 2. The van der Waals surface area contributed by atoms with Crippen LogP contribution in [0.1, 0.15) is 17.5 Å². The number of nitrogens with zero attached hydrogens (tertiary/aromatic N) is 3. The molecule has 0 saturated heterocycles. The van der Waals surface area contributed by atoms with Gasteiger partial charge in [0.05, 0.1) is 24.2 Å². The van der Waals surface area contributed by atoms with Crippen LogP contribution in [0, 0.1) is 11.6 Å². The molecule has 1 aliphatic heterocycles. The Balaban J connectivity index is 1.84. The van der Waals surface area contributed by atoms with Crippen LogP contribution in [0.2, 0.25) is 0 Å². The number of carbonyl (C=O) groups excluding carboxylic acids is 1. The third-order valence-corrected chi connectivity index (χ3v) is 5.79. The number of amides is 1. The van der Waals surface area contributed by atoms with Gasteiger partial charge in [0.25, 0.3) is 0 Å². The van der Waals surface area contributed by atoms with Crippen molar-refractivity contribution in [1.82, 2.24) is 9.97 Å². The molecule has 3 heterocycles. The van der Waals surface area contributed by atoms with Gasteiger partial charge < -0.3 is 9.64 Å². The Bertz CT molecular complexity index is 1270. The van der Waals surface area contributed by atoms with E-state index in [0.717, 1.165) is 5.56 Å². The van der Waals surface area contributed by atoms with Crippen LogP contribution in [0.3, 0.4) is 0 Å². The van der Waals surface area contributed by atoms with Gasteiger partial charge in [-0.25, -0.2) is 27.3 Å². The summed E-state index contributed by atoms with van der Waals surface area (Å²) >= 11 is 0. The first-order valence-electron chi connectivity index (χ1n) is 8.82. The lowest BCUT2D eigenvalue weighted by atomic mass is 9.99. The first-order chi connectivity index (χ1) is 14.2. The van der Waals surface area contributed by atoms with Crippen LogP contribution in [0.25, 0.3) is 11.0 Å². The van der Waals surface area contributed by atoms with Crippen LogP contribution in [0.4, 0.5) is 14.5 Å². The molecule has 3 aromatic rings. The zero-order valence-electron chi connectivity index (χ0n) is 15.7. The molecule has 8 nitrogen and oxygen atoms in total. The lowest BCUT2D eigenvalue weighted by Crippen LogP contribution is -2.35. The Hall–Kier alpha value is -3.18. The molecule has 11 heteroatoms. The highest BCUT2D eigenvalue weighted by molar-refractivity contribution is 7.89. The molecule has 1 aromatic carbocycles. The number of rotatable bonds is 4. The number of pyridine rings is 2. The molecule has 0 spiro atoms. The predicted octanol–water partition coefficient (Wildman–Crippen LogP) is 2.04. The van der Waals surface area contributed by atoms with Gasteiger partial charge >= 0.3 is 0 Å². The maximum atomic E-state index is 14.6. The third-order valence-electron chi connectivity index (χ3n) is 4.90. The molecule has 0 fully saturated rings. The highest BCUT2D eigenvalue weighted by atomic mass is 32.2. The summed E-state index contributed by atoms with van der Waals surface area (Å²) in [6.45, 7) is -0.431. The molecule has 0 atom stereocenters. The summed E-state index contributed by atoms with van der Waals surface area (Å²) in [5.74, 6) is -2.23. The second kappa shape index (κ2) is 7.26. The Labute approximate surface area is 170 Å². The number of methoxy groups -OCH3 is 1. The Morgan fingerprint density at radius 1 is 1.20 bits per heavy atom.